The number of hydrogen-bond acceptors (Lipinski definition) is 4. The zero-order valence-corrected chi connectivity index (χ0v) is 13.0. The quantitative estimate of drug-likeness (QED) is 0.755. The van der Waals surface area contributed by atoms with E-state index in [2.05, 4.69) is 20.9 Å². The highest BCUT2D eigenvalue weighted by Gasteiger charge is 2.10. The molecule has 0 aliphatic rings. The summed E-state index contributed by atoms with van der Waals surface area (Å²) >= 11 is 3.45. The predicted octanol–water partition coefficient (Wildman–Crippen LogP) is 3.57. The van der Waals surface area contributed by atoms with Gasteiger partial charge in [-0.05, 0) is 12.1 Å². The van der Waals surface area contributed by atoms with E-state index < -0.39 is 0 Å². The first-order chi connectivity index (χ1) is 9.78. The van der Waals surface area contributed by atoms with Gasteiger partial charge in [0.15, 0.2) is 11.5 Å². The van der Waals surface area contributed by atoms with Gasteiger partial charge in [0, 0.05) is 17.0 Å². The number of para-hydroxylation sites is 1. The smallest absolute Gasteiger partial charge is 0.213 e. The Balaban J connectivity index is 2.17. The first kappa shape index (κ1) is 14.7. The average molecular weight is 338 g/mol. The van der Waals surface area contributed by atoms with Gasteiger partial charge in [-0.3, -0.25) is 0 Å². The Kier molecular flexibility index (Phi) is 5.24. The van der Waals surface area contributed by atoms with Crippen molar-refractivity contribution in [3.8, 4) is 17.4 Å². The lowest BCUT2D eigenvalue weighted by atomic mass is 10.2. The summed E-state index contributed by atoms with van der Waals surface area (Å²) in [7, 11) is 3.22. The SMILES string of the molecule is COc1cccc(COc2c(CBr)cccc2OC)n1. The number of ether oxygens (including phenoxy) is 3. The standard InChI is InChI=1S/C15H16BrNO3/c1-18-13-7-3-5-11(9-16)15(13)20-10-12-6-4-8-14(17-12)19-2/h3-8H,9-10H2,1-2H3. The van der Waals surface area contributed by atoms with E-state index in [9.17, 15) is 0 Å². The predicted molar refractivity (Wildman–Crippen MR) is 80.7 cm³/mol. The van der Waals surface area contributed by atoms with Crippen molar-refractivity contribution in [1.82, 2.24) is 4.98 Å². The molecule has 0 aliphatic heterocycles. The second-order valence-electron chi connectivity index (χ2n) is 4.04. The van der Waals surface area contributed by atoms with Crippen LogP contribution in [0.1, 0.15) is 11.3 Å². The number of pyridine rings is 1. The Morgan fingerprint density at radius 3 is 2.55 bits per heavy atom. The van der Waals surface area contributed by atoms with Crippen LogP contribution < -0.4 is 14.2 Å². The summed E-state index contributed by atoms with van der Waals surface area (Å²) < 4.78 is 16.3. The van der Waals surface area contributed by atoms with Gasteiger partial charge in [-0.2, -0.15) is 0 Å². The molecule has 106 valence electrons. The molecule has 1 aromatic carbocycles. The Hall–Kier alpha value is -1.75. The molecule has 2 rings (SSSR count). The van der Waals surface area contributed by atoms with Crippen molar-refractivity contribution in [2.75, 3.05) is 14.2 Å². The maximum Gasteiger partial charge on any atom is 0.213 e. The van der Waals surface area contributed by atoms with Crippen LogP contribution >= 0.6 is 15.9 Å². The van der Waals surface area contributed by atoms with Crippen molar-refractivity contribution in [1.29, 1.82) is 0 Å². The molecule has 5 heteroatoms. The van der Waals surface area contributed by atoms with E-state index in [0.29, 0.717) is 23.6 Å². The Morgan fingerprint density at radius 1 is 1.05 bits per heavy atom. The van der Waals surface area contributed by atoms with Crippen LogP contribution in [-0.2, 0) is 11.9 Å². The van der Waals surface area contributed by atoms with Crippen molar-refractivity contribution >= 4 is 15.9 Å². The van der Waals surface area contributed by atoms with Crippen LogP contribution in [0.5, 0.6) is 17.4 Å². The van der Waals surface area contributed by atoms with E-state index in [0.717, 1.165) is 17.0 Å². The van der Waals surface area contributed by atoms with Crippen molar-refractivity contribution in [2.24, 2.45) is 0 Å². The molecule has 0 fully saturated rings. The average Bonchev–Trinajstić information content (AvgIpc) is 2.52. The van der Waals surface area contributed by atoms with E-state index in [1.165, 1.54) is 0 Å². The molecule has 0 aliphatic carbocycles. The van der Waals surface area contributed by atoms with Gasteiger partial charge in [0.05, 0.1) is 19.9 Å². The summed E-state index contributed by atoms with van der Waals surface area (Å²) in [5.74, 6) is 2.02. The van der Waals surface area contributed by atoms with Gasteiger partial charge in [0.1, 0.15) is 6.61 Å². The van der Waals surface area contributed by atoms with Gasteiger partial charge in [0.2, 0.25) is 5.88 Å². The fourth-order valence-corrected chi connectivity index (χ4v) is 2.23. The molecule has 0 saturated heterocycles. The van der Waals surface area contributed by atoms with Crippen molar-refractivity contribution in [3.05, 3.63) is 47.7 Å². The summed E-state index contributed by atoms with van der Waals surface area (Å²) in [6.45, 7) is 0.359. The summed E-state index contributed by atoms with van der Waals surface area (Å²) in [6, 6.07) is 11.4. The number of hydrogen-bond donors (Lipinski definition) is 0. The van der Waals surface area contributed by atoms with Gasteiger partial charge < -0.3 is 14.2 Å². The van der Waals surface area contributed by atoms with E-state index in [1.807, 2.05) is 30.3 Å². The van der Waals surface area contributed by atoms with Crippen LogP contribution in [-0.4, -0.2) is 19.2 Å². The van der Waals surface area contributed by atoms with Crippen LogP contribution in [0.25, 0.3) is 0 Å². The zero-order chi connectivity index (χ0) is 14.4. The third-order valence-corrected chi connectivity index (χ3v) is 3.38. The van der Waals surface area contributed by atoms with Crippen LogP contribution in [0.3, 0.4) is 0 Å². The number of benzene rings is 1. The zero-order valence-electron chi connectivity index (χ0n) is 11.4. The number of nitrogens with zero attached hydrogens (tertiary/aromatic N) is 1. The fraction of sp³-hybridized carbons (Fsp3) is 0.267. The molecule has 0 unspecified atom stereocenters. The van der Waals surface area contributed by atoms with Gasteiger partial charge in [-0.1, -0.05) is 34.1 Å². The normalized spacial score (nSPS) is 10.2. The molecule has 1 heterocycles. The third-order valence-electron chi connectivity index (χ3n) is 2.78. The largest absolute Gasteiger partial charge is 0.493 e. The van der Waals surface area contributed by atoms with Crippen LogP contribution in [0.15, 0.2) is 36.4 Å². The third kappa shape index (κ3) is 3.42. The molecule has 0 saturated carbocycles. The molecule has 0 spiro atoms. The van der Waals surface area contributed by atoms with Crippen LogP contribution in [0.4, 0.5) is 0 Å². The van der Waals surface area contributed by atoms with Crippen LogP contribution in [0, 0.1) is 0 Å². The number of methoxy groups -OCH3 is 2. The van der Waals surface area contributed by atoms with E-state index in [-0.39, 0.29) is 0 Å². The minimum absolute atomic E-state index is 0.359. The highest BCUT2D eigenvalue weighted by molar-refractivity contribution is 9.08. The maximum absolute atomic E-state index is 5.86. The second kappa shape index (κ2) is 7.14. The molecule has 20 heavy (non-hydrogen) atoms. The van der Waals surface area contributed by atoms with Crippen molar-refractivity contribution < 1.29 is 14.2 Å². The number of aromatic nitrogens is 1. The monoisotopic (exact) mass is 337 g/mol. The number of rotatable bonds is 6. The fourth-order valence-electron chi connectivity index (χ4n) is 1.79. The van der Waals surface area contributed by atoms with Crippen molar-refractivity contribution in [2.45, 2.75) is 11.9 Å². The van der Waals surface area contributed by atoms with Gasteiger partial charge >= 0.3 is 0 Å². The minimum Gasteiger partial charge on any atom is -0.493 e. The molecule has 0 bridgehead atoms. The van der Waals surface area contributed by atoms with E-state index >= 15 is 0 Å². The molecular formula is C15H16BrNO3. The van der Waals surface area contributed by atoms with E-state index in [1.54, 1.807) is 20.3 Å². The summed E-state index contributed by atoms with van der Waals surface area (Å²) in [5.41, 5.74) is 1.84. The van der Waals surface area contributed by atoms with Gasteiger partial charge in [-0.25, -0.2) is 4.98 Å². The Labute approximate surface area is 126 Å². The number of halogens is 1. The topological polar surface area (TPSA) is 40.6 Å². The summed E-state index contributed by atoms with van der Waals surface area (Å²) in [6.07, 6.45) is 0. The lowest BCUT2D eigenvalue weighted by Gasteiger charge is -2.13. The Morgan fingerprint density at radius 2 is 1.85 bits per heavy atom. The van der Waals surface area contributed by atoms with Crippen LogP contribution in [0.2, 0.25) is 0 Å². The molecule has 2 aromatic rings. The molecule has 1 aromatic heterocycles. The highest BCUT2D eigenvalue weighted by atomic mass is 79.9. The molecule has 0 amide bonds. The molecule has 4 nitrogen and oxygen atoms in total. The maximum atomic E-state index is 5.86. The van der Waals surface area contributed by atoms with E-state index in [4.69, 9.17) is 14.2 Å². The minimum atomic E-state index is 0.359. The molecule has 0 N–H and O–H groups in total. The summed E-state index contributed by atoms with van der Waals surface area (Å²) in [5, 5.41) is 0.699. The molecule has 0 radical (unpaired) electrons. The second-order valence-corrected chi connectivity index (χ2v) is 4.60. The Bertz CT molecular complexity index is 553. The highest BCUT2D eigenvalue weighted by Crippen LogP contribution is 2.33. The number of alkyl halides is 1. The van der Waals surface area contributed by atoms with Gasteiger partial charge in [0.25, 0.3) is 0 Å². The lowest BCUT2D eigenvalue weighted by Crippen LogP contribution is -2.02. The van der Waals surface area contributed by atoms with Gasteiger partial charge in [-0.15, -0.1) is 0 Å². The first-order valence-corrected chi connectivity index (χ1v) is 7.25. The lowest BCUT2D eigenvalue weighted by molar-refractivity contribution is 0.276. The molecule has 0 atom stereocenters. The van der Waals surface area contributed by atoms with Crippen molar-refractivity contribution in [3.63, 3.8) is 0 Å². The first-order valence-electron chi connectivity index (χ1n) is 6.13. The molecular weight excluding hydrogens is 322 g/mol. The summed E-state index contributed by atoms with van der Waals surface area (Å²) in [4.78, 5) is 4.32.